The Morgan fingerprint density at radius 1 is 1.32 bits per heavy atom. The van der Waals surface area contributed by atoms with Gasteiger partial charge in [-0.15, -0.1) is 0 Å². The van der Waals surface area contributed by atoms with E-state index in [4.69, 9.17) is 0 Å². The zero-order chi connectivity index (χ0) is 16.3. The molecule has 0 spiro atoms. The normalized spacial score (nSPS) is 18.4. The number of benzene rings is 1. The number of rotatable bonds is 4. The molecule has 1 saturated heterocycles. The van der Waals surface area contributed by atoms with Crippen LogP contribution < -0.4 is 5.32 Å². The van der Waals surface area contributed by atoms with Crippen molar-refractivity contribution >= 4 is 15.9 Å². The molecule has 1 heterocycles. The van der Waals surface area contributed by atoms with Crippen molar-refractivity contribution in [2.45, 2.75) is 32.0 Å². The van der Waals surface area contributed by atoms with Gasteiger partial charge in [-0.1, -0.05) is 29.3 Å². The molecule has 1 aliphatic rings. The molecule has 3 nitrogen and oxygen atoms in total. The highest BCUT2D eigenvalue weighted by Crippen LogP contribution is 2.43. The van der Waals surface area contributed by atoms with E-state index in [1.807, 2.05) is 6.92 Å². The fourth-order valence-corrected chi connectivity index (χ4v) is 3.37. The molecular weight excluding hydrogens is 361 g/mol. The molecule has 1 fully saturated rings. The lowest BCUT2D eigenvalue weighted by Gasteiger charge is -2.36. The summed E-state index contributed by atoms with van der Waals surface area (Å²) in [6.07, 6.45) is -3.02. The molecule has 1 atom stereocenters. The fourth-order valence-electron chi connectivity index (χ4n) is 2.89. The van der Waals surface area contributed by atoms with E-state index >= 15 is 0 Å². The molecule has 0 aliphatic carbocycles. The molecule has 0 radical (unpaired) electrons. The highest BCUT2D eigenvalue weighted by molar-refractivity contribution is 9.10. The molecule has 0 saturated carbocycles. The van der Waals surface area contributed by atoms with Crippen LogP contribution in [0.25, 0.3) is 0 Å². The van der Waals surface area contributed by atoms with Crippen molar-refractivity contribution in [2.75, 3.05) is 26.2 Å². The minimum Gasteiger partial charge on any atom is -0.507 e. The van der Waals surface area contributed by atoms with Crippen LogP contribution in [0.2, 0.25) is 0 Å². The minimum atomic E-state index is -4.57. The Labute approximate surface area is 136 Å². The van der Waals surface area contributed by atoms with E-state index in [2.05, 4.69) is 26.1 Å². The van der Waals surface area contributed by atoms with Gasteiger partial charge in [0.05, 0.1) is 5.56 Å². The van der Waals surface area contributed by atoms with Gasteiger partial charge >= 0.3 is 6.18 Å². The van der Waals surface area contributed by atoms with E-state index in [9.17, 15) is 18.3 Å². The van der Waals surface area contributed by atoms with Crippen LogP contribution in [0.5, 0.6) is 5.75 Å². The minimum absolute atomic E-state index is 0.203. The van der Waals surface area contributed by atoms with Gasteiger partial charge in [-0.2, -0.15) is 13.2 Å². The van der Waals surface area contributed by atoms with E-state index in [0.717, 1.165) is 38.7 Å². The van der Waals surface area contributed by atoms with Gasteiger partial charge in [0.2, 0.25) is 0 Å². The number of halogens is 4. The van der Waals surface area contributed by atoms with Gasteiger partial charge < -0.3 is 10.4 Å². The molecule has 1 aliphatic heterocycles. The van der Waals surface area contributed by atoms with E-state index < -0.39 is 17.5 Å². The van der Waals surface area contributed by atoms with Crippen molar-refractivity contribution in [3.8, 4) is 5.75 Å². The smallest absolute Gasteiger partial charge is 0.420 e. The maximum atomic E-state index is 13.1. The van der Waals surface area contributed by atoms with Crippen LogP contribution in [0.15, 0.2) is 16.6 Å². The van der Waals surface area contributed by atoms with Crippen molar-refractivity contribution in [3.63, 3.8) is 0 Å². The molecule has 22 heavy (non-hydrogen) atoms. The second-order valence-corrected chi connectivity index (χ2v) is 6.40. The molecule has 124 valence electrons. The largest absolute Gasteiger partial charge is 0.507 e. The molecule has 2 N–H and O–H groups in total. The second kappa shape index (κ2) is 7.19. The Morgan fingerprint density at radius 2 is 1.95 bits per heavy atom. The summed E-state index contributed by atoms with van der Waals surface area (Å²) in [6.45, 7) is 5.13. The monoisotopic (exact) mass is 380 g/mol. The first-order chi connectivity index (χ1) is 10.3. The summed E-state index contributed by atoms with van der Waals surface area (Å²) in [4.78, 5) is 2.14. The third-order valence-electron chi connectivity index (χ3n) is 3.92. The number of aromatic hydroxyl groups is 1. The van der Waals surface area contributed by atoms with Crippen LogP contribution in [-0.4, -0.2) is 36.2 Å². The highest BCUT2D eigenvalue weighted by Gasteiger charge is 2.37. The Bertz CT molecular complexity index is 516. The topological polar surface area (TPSA) is 35.5 Å². The zero-order valence-electron chi connectivity index (χ0n) is 12.4. The SMILES string of the molecule is CCC[C@@H](c1cc(Br)cc(C(F)(F)F)c1O)N1CCNCC1. The Balaban J connectivity index is 2.44. The molecular formula is C15H20BrF3N2O. The molecule has 2 rings (SSSR count). The summed E-state index contributed by atoms with van der Waals surface area (Å²) in [5, 5.41) is 13.4. The first-order valence-electron chi connectivity index (χ1n) is 7.39. The van der Waals surface area contributed by atoms with E-state index in [1.54, 1.807) is 6.07 Å². The van der Waals surface area contributed by atoms with Gasteiger partial charge in [0, 0.05) is 42.3 Å². The summed E-state index contributed by atoms with van der Waals surface area (Å²) in [5.41, 5.74) is -0.626. The maximum Gasteiger partial charge on any atom is 0.420 e. The molecule has 0 unspecified atom stereocenters. The predicted octanol–water partition coefficient (Wildman–Crippen LogP) is 3.92. The third-order valence-corrected chi connectivity index (χ3v) is 4.38. The number of nitrogens with zero attached hydrogens (tertiary/aromatic N) is 1. The number of hydrogen-bond donors (Lipinski definition) is 2. The van der Waals surface area contributed by atoms with Crippen molar-refractivity contribution < 1.29 is 18.3 Å². The summed E-state index contributed by atoms with van der Waals surface area (Å²) < 4.78 is 39.6. The van der Waals surface area contributed by atoms with E-state index in [-0.39, 0.29) is 6.04 Å². The summed E-state index contributed by atoms with van der Waals surface area (Å²) in [6, 6.07) is 2.33. The number of alkyl halides is 3. The molecule has 0 aromatic heterocycles. The standard InChI is InChI=1S/C15H20BrF3N2O/c1-2-3-13(21-6-4-20-5-7-21)11-8-10(16)9-12(14(11)22)15(17,18)19/h8-9,13,20,22H,2-7H2,1H3/t13-/m0/s1. The van der Waals surface area contributed by atoms with Gasteiger partial charge in [0.25, 0.3) is 0 Å². The molecule has 1 aromatic carbocycles. The quantitative estimate of drug-likeness (QED) is 0.830. The molecule has 0 bridgehead atoms. The number of hydrogen-bond acceptors (Lipinski definition) is 3. The predicted molar refractivity (Wildman–Crippen MR) is 82.9 cm³/mol. The molecule has 1 aromatic rings. The summed E-state index contributed by atoms with van der Waals surface area (Å²) in [5.74, 6) is -0.646. The van der Waals surface area contributed by atoms with E-state index in [1.165, 1.54) is 0 Å². The van der Waals surface area contributed by atoms with E-state index in [0.29, 0.717) is 16.5 Å². The van der Waals surface area contributed by atoms with Crippen LogP contribution in [0.3, 0.4) is 0 Å². The average molecular weight is 381 g/mol. The first kappa shape index (κ1) is 17.6. The van der Waals surface area contributed by atoms with Gasteiger partial charge in [-0.25, -0.2) is 0 Å². The van der Waals surface area contributed by atoms with Crippen molar-refractivity contribution in [1.29, 1.82) is 0 Å². The van der Waals surface area contributed by atoms with Crippen molar-refractivity contribution in [1.82, 2.24) is 10.2 Å². The lowest BCUT2D eigenvalue weighted by Crippen LogP contribution is -2.45. The average Bonchev–Trinajstić information content (AvgIpc) is 2.47. The van der Waals surface area contributed by atoms with Gasteiger partial charge in [-0.3, -0.25) is 4.90 Å². The number of piperazine rings is 1. The number of nitrogens with one attached hydrogen (secondary N) is 1. The summed E-state index contributed by atoms with van der Waals surface area (Å²) >= 11 is 3.14. The van der Waals surface area contributed by atoms with Crippen LogP contribution in [0.4, 0.5) is 13.2 Å². The second-order valence-electron chi connectivity index (χ2n) is 5.48. The Kier molecular flexibility index (Phi) is 5.74. The van der Waals surface area contributed by atoms with Crippen molar-refractivity contribution in [3.05, 3.63) is 27.7 Å². The van der Waals surface area contributed by atoms with Crippen LogP contribution in [-0.2, 0) is 6.18 Å². The number of phenolic OH excluding ortho intramolecular Hbond substituents is 1. The van der Waals surface area contributed by atoms with Crippen LogP contribution in [0.1, 0.15) is 36.9 Å². The first-order valence-corrected chi connectivity index (χ1v) is 8.18. The lowest BCUT2D eigenvalue weighted by molar-refractivity contribution is -0.138. The summed E-state index contributed by atoms with van der Waals surface area (Å²) in [7, 11) is 0. The number of phenols is 1. The van der Waals surface area contributed by atoms with Gasteiger partial charge in [0.15, 0.2) is 0 Å². The Hall–Kier alpha value is -0.790. The fraction of sp³-hybridized carbons (Fsp3) is 0.600. The molecule has 0 amide bonds. The zero-order valence-corrected chi connectivity index (χ0v) is 14.0. The third kappa shape index (κ3) is 3.94. The van der Waals surface area contributed by atoms with Gasteiger partial charge in [0.1, 0.15) is 5.75 Å². The Morgan fingerprint density at radius 3 is 2.50 bits per heavy atom. The van der Waals surface area contributed by atoms with Gasteiger partial charge in [-0.05, 0) is 18.6 Å². The molecule has 7 heteroatoms. The van der Waals surface area contributed by atoms with Crippen molar-refractivity contribution in [2.24, 2.45) is 0 Å². The maximum absolute atomic E-state index is 13.1. The highest BCUT2D eigenvalue weighted by atomic mass is 79.9. The van der Waals surface area contributed by atoms with Crippen LogP contribution >= 0.6 is 15.9 Å². The van der Waals surface area contributed by atoms with Crippen LogP contribution in [0, 0.1) is 0 Å². The lowest BCUT2D eigenvalue weighted by atomic mass is 9.96.